The largest absolute Gasteiger partial charge is 0.309 e. The molecule has 0 aliphatic carbocycles. The molecule has 2 aromatic rings. The molecule has 0 aliphatic heterocycles. The van der Waals surface area contributed by atoms with Gasteiger partial charge in [0, 0.05) is 23.3 Å². The third-order valence-electron chi connectivity index (χ3n) is 3.00. The highest BCUT2D eigenvalue weighted by Crippen LogP contribution is 2.25. The maximum absolute atomic E-state index is 6.12. The maximum atomic E-state index is 6.12. The summed E-state index contributed by atoms with van der Waals surface area (Å²) in [5, 5.41) is 8.40. The number of hydrogen-bond acceptors (Lipinski definition) is 2. The molecule has 1 heterocycles. The molecule has 1 aromatic carbocycles. The molecule has 1 unspecified atom stereocenters. The van der Waals surface area contributed by atoms with Crippen molar-refractivity contribution in [3.8, 4) is 0 Å². The number of aryl methyl sites for hydroxylation is 2. The third kappa shape index (κ3) is 2.74. The van der Waals surface area contributed by atoms with Gasteiger partial charge in [0.25, 0.3) is 0 Å². The Morgan fingerprint density at radius 2 is 2.11 bits per heavy atom. The standard InChI is InChI=1S/C14H18ClN3/c1-4-18-9-12(8-17-18)14(16-3)11-5-10(2)6-13(15)7-11/h5-9,14,16H,4H2,1-3H3. The Labute approximate surface area is 113 Å². The lowest BCUT2D eigenvalue weighted by molar-refractivity contribution is 0.653. The smallest absolute Gasteiger partial charge is 0.0606 e. The molecule has 4 heteroatoms. The van der Waals surface area contributed by atoms with Gasteiger partial charge in [-0.1, -0.05) is 17.7 Å². The molecule has 0 radical (unpaired) electrons. The van der Waals surface area contributed by atoms with Crippen molar-refractivity contribution in [1.29, 1.82) is 0 Å². The zero-order chi connectivity index (χ0) is 13.1. The first-order valence-electron chi connectivity index (χ1n) is 6.10. The SMILES string of the molecule is CCn1cc(C(NC)c2cc(C)cc(Cl)c2)cn1. The Hall–Kier alpha value is -1.32. The minimum absolute atomic E-state index is 0.127. The van der Waals surface area contributed by atoms with Gasteiger partial charge < -0.3 is 5.32 Å². The maximum Gasteiger partial charge on any atom is 0.0606 e. The van der Waals surface area contributed by atoms with E-state index in [1.807, 2.05) is 30.1 Å². The first-order chi connectivity index (χ1) is 8.63. The molecule has 18 heavy (non-hydrogen) atoms. The van der Waals surface area contributed by atoms with Gasteiger partial charge in [-0.3, -0.25) is 4.68 Å². The van der Waals surface area contributed by atoms with E-state index in [-0.39, 0.29) is 6.04 Å². The highest BCUT2D eigenvalue weighted by molar-refractivity contribution is 6.30. The molecule has 0 amide bonds. The van der Waals surface area contributed by atoms with Gasteiger partial charge in [0.05, 0.1) is 12.2 Å². The summed E-state index contributed by atoms with van der Waals surface area (Å²) in [6.07, 6.45) is 3.97. The number of nitrogens with zero attached hydrogens (tertiary/aromatic N) is 2. The van der Waals surface area contributed by atoms with Crippen molar-refractivity contribution in [2.45, 2.75) is 26.4 Å². The van der Waals surface area contributed by atoms with Crippen LogP contribution in [0.25, 0.3) is 0 Å². The van der Waals surface area contributed by atoms with Crippen molar-refractivity contribution in [3.05, 3.63) is 52.3 Å². The first-order valence-corrected chi connectivity index (χ1v) is 6.48. The van der Waals surface area contributed by atoms with Crippen LogP contribution in [0.2, 0.25) is 5.02 Å². The van der Waals surface area contributed by atoms with E-state index in [0.717, 1.165) is 22.7 Å². The average Bonchev–Trinajstić information content (AvgIpc) is 2.77. The third-order valence-corrected chi connectivity index (χ3v) is 3.22. The number of hydrogen-bond donors (Lipinski definition) is 1. The van der Waals surface area contributed by atoms with Gasteiger partial charge in [-0.15, -0.1) is 0 Å². The van der Waals surface area contributed by atoms with E-state index in [2.05, 4.69) is 36.5 Å². The molecule has 0 saturated carbocycles. The van der Waals surface area contributed by atoms with Gasteiger partial charge in [-0.05, 0) is 44.2 Å². The summed E-state index contributed by atoms with van der Waals surface area (Å²) in [4.78, 5) is 0. The van der Waals surface area contributed by atoms with Gasteiger partial charge in [0.2, 0.25) is 0 Å². The number of rotatable bonds is 4. The fourth-order valence-corrected chi connectivity index (χ4v) is 2.46. The van der Waals surface area contributed by atoms with E-state index in [1.54, 1.807) is 0 Å². The van der Waals surface area contributed by atoms with Crippen molar-refractivity contribution >= 4 is 11.6 Å². The zero-order valence-corrected chi connectivity index (χ0v) is 11.7. The van der Waals surface area contributed by atoms with Crippen molar-refractivity contribution in [2.75, 3.05) is 7.05 Å². The molecule has 1 N–H and O–H groups in total. The van der Waals surface area contributed by atoms with Crippen LogP contribution < -0.4 is 5.32 Å². The van der Waals surface area contributed by atoms with Crippen LogP contribution in [0.4, 0.5) is 0 Å². The van der Waals surface area contributed by atoms with E-state index < -0.39 is 0 Å². The number of benzene rings is 1. The molecular weight excluding hydrogens is 246 g/mol. The summed E-state index contributed by atoms with van der Waals surface area (Å²) in [6.45, 7) is 5.01. The molecule has 0 bridgehead atoms. The van der Waals surface area contributed by atoms with E-state index in [1.165, 1.54) is 5.56 Å². The lowest BCUT2D eigenvalue weighted by Crippen LogP contribution is -2.17. The summed E-state index contributed by atoms with van der Waals surface area (Å²) in [5.41, 5.74) is 3.49. The number of halogens is 1. The second kappa shape index (κ2) is 5.55. The Bertz CT molecular complexity index is 513. The summed E-state index contributed by atoms with van der Waals surface area (Å²) >= 11 is 6.12. The van der Waals surface area contributed by atoms with Crippen LogP contribution in [0.15, 0.2) is 30.6 Å². The Balaban J connectivity index is 2.38. The van der Waals surface area contributed by atoms with Crippen molar-refractivity contribution < 1.29 is 0 Å². The van der Waals surface area contributed by atoms with Gasteiger partial charge in [0.15, 0.2) is 0 Å². The summed E-state index contributed by atoms with van der Waals surface area (Å²) < 4.78 is 1.93. The molecule has 0 spiro atoms. The molecule has 1 atom stereocenters. The predicted octanol–water partition coefficient (Wildman–Crippen LogP) is 3.17. The van der Waals surface area contributed by atoms with Crippen LogP contribution in [-0.2, 0) is 6.54 Å². The molecule has 0 saturated heterocycles. The van der Waals surface area contributed by atoms with Gasteiger partial charge >= 0.3 is 0 Å². The fourth-order valence-electron chi connectivity index (χ4n) is 2.16. The fraction of sp³-hybridized carbons (Fsp3) is 0.357. The van der Waals surface area contributed by atoms with Crippen LogP contribution in [0, 0.1) is 6.92 Å². The lowest BCUT2D eigenvalue weighted by Gasteiger charge is -2.16. The lowest BCUT2D eigenvalue weighted by atomic mass is 10.00. The Morgan fingerprint density at radius 1 is 1.33 bits per heavy atom. The molecule has 0 aliphatic rings. The highest BCUT2D eigenvalue weighted by Gasteiger charge is 2.14. The topological polar surface area (TPSA) is 29.9 Å². The Kier molecular flexibility index (Phi) is 4.04. The average molecular weight is 264 g/mol. The molecule has 0 fully saturated rings. The molecule has 96 valence electrons. The zero-order valence-electron chi connectivity index (χ0n) is 10.9. The monoisotopic (exact) mass is 263 g/mol. The summed E-state index contributed by atoms with van der Waals surface area (Å²) in [7, 11) is 1.95. The molecular formula is C14H18ClN3. The molecule has 2 rings (SSSR count). The summed E-state index contributed by atoms with van der Waals surface area (Å²) in [5.74, 6) is 0. The summed E-state index contributed by atoms with van der Waals surface area (Å²) in [6, 6.07) is 6.24. The minimum atomic E-state index is 0.127. The second-order valence-corrected chi connectivity index (χ2v) is 4.85. The number of aromatic nitrogens is 2. The molecule has 1 aromatic heterocycles. The quantitative estimate of drug-likeness (QED) is 0.918. The van der Waals surface area contributed by atoms with E-state index in [9.17, 15) is 0 Å². The van der Waals surface area contributed by atoms with Crippen LogP contribution in [-0.4, -0.2) is 16.8 Å². The minimum Gasteiger partial charge on any atom is -0.309 e. The first kappa shape index (κ1) is 13.1. The van der Waals surface area contributed by atoms with E-state index in [0.29, 0.717) is 0 Å². The van der Waals surface area contributed by atoms with Crippen LogP contribution in [0.3, 0.4) is 0 Å². The van der Waals surface area contributed by atoms with Gasteiger partial charge in [-0.25, -0.2) is 0 Å². The van der Waals surface area contributed by atoms with Crippen LogP contribution in [0.5, 0.6) is 0 Å². The van der Waals surface area contributed by atoms with Crippen LogP contribution >= 0.6 is 11.6 Å². The number of nitrogens with one attached hydrogen (secondary N) is 1. The van der Waals surface area contributed by atoms with Crippen molar-refractivity contribution in [3.63, 3.8) is 0 Å². The van der Waals surface area contributed by atoms with Crippen LogP contribution in [0.1, 0.15) is 29.7 Å². The molecule has 3 nitrogen and oxygen atoms in total. The van der Waals surface area contributed by atoms with Crippen molar-refractivity contribution in [2.24, 2.45) is 0 Å². The highest BCUT2D eigenvalue weighted by atomic mass is 35.5. The van der Waals surface area contributed by atoms with Crippen molar-refractivity contribution in [1.82, 2.24) is 15.1 Å². The van der Waals surface area contributed by atoms with Gasteiger partial charge in [-0.2, -0.15) is 5.10 Å². The van der Waals surface area contributed by atoms with Gasteiger partial charge in [0.1, 0.15) is 0 Å². The Morgan fingerprint density at radius 3 is 2.67 bits per heavy atom. The predicted molar refractivity (Wildman–Crippen MR) is 75.0 cm³/mol. The normalized spacial score (nSPS) is 12.7. The van der Waals surface area contributed by atoms with E-state index >= 15 is 0 Å². The second-order valence-electron chi connectivity index (χ2n) is 4.41. The van der Waals surface area contributed by atoms with E-state index in [4.69, 9.17) is 11.6 Å².